The molecule has 1 aliphatic carbocycles. The molecule has 1 saturated carbocycles. The lowest BCUT2D eigenvalue weighted by Crippen LogP contribution is -2.12. The molecule has 1 aliphatic rings. The summed E-state index contributed by atoms with van der Waals surface area (Å²) in [5, 5.41) is 9.91. The molecule has 1 atom stereocenters. The average Bonchev–Trinajstić information content (AvgIpc) is 2.84. The summed E-state index contributed by atoms with van der Waals surface area (Å²) in [6, 6.07) is 3.83. The van der Waals surface area contributed by atoms with Crippen LogP contribution < -0.4 is 0 Å². The van der Waals surface area contributed by atoms with E-state index in [1.54, 1.807) is 0 Å². The quantitative estimate of drug-likeness (QED) is 0.846. The van der Waals surface area contributed by atoms with Crippen molar-refractivity contribution in [2.75, 3.05) is 0 Å². The van der Waals surface area contributed by atoms with Crippen molar-refractivity contribution in [3.8, 4) is 0 Å². The molecule has 1 nitrogen and oxygen atoms in total. The maximum Gasteiger partial charge on any atom is 0.159 e. The van der Waals surface area contributed by atoms with Gasteiger partial charge in [0.2, 0.25) is 0 Å². The monoisotopic (exact) mass is 254 g/mol. The van der Waals surface area contributed by atoms with E-state index in [4.69, 9.17) is 0 Å². The molecule has 0 spiro atoms. The Bertz CT molecular complexity index is 386. The zero-order valence-corrected chi connectivity index (χ0v) is 10.5. The van der Waals surface area contributed by atoms with Gasteiger partial charge in [-0.3, -0.25) is 0 Å². The highest BCUT2D eigenvalue weighted by atomic mass is 19.2. The van der Waals surface area contributed by atoms with Crippen molar-refractivity contribution >= 4 is 0 Å². The van der Waals surface area contributed by atoms with Gasteiger partial charge in [0, 0.05) is 0 Å². The molecule has 100 valence electrons. The Morgan fingerprint density at radius 2 is 1.89 bits per heavy atom. The molecule has 1 N–H and O–H groups in total. The standard InChI is InChI=1S/C15H20F2O/c16-14-8-6-12(10-15(14)17)9-13(18)7-5-11-3-1-2-4-11/h6,8,10-11,13,18H,1-5,7,9H2. The first-order valence-corrected chi connectivity index (χ1v) is 6.77. The summed E-state index contributed by atoms with van der Waals surface area (Å²) in [4.78, 5) is 0. The van der Waals surface area contributed by atoms with Gasteiger partial charge in [0.15, 0.2) is 11.6 Å². The molecule has 0 aromatic heterocycles. The largest absolute Gasteiger partial charge is 0.393 e. The predicted octanol–water partition coefficient (Wildman–Crippen LogP) is 3.84. The van der Waals surface area contributed by atoms with E-state index in [0.717, 1.165) is 24.8 Å². The first-order chi connectivity index (χ1) is 8.65. The minimum absolute atomic E-state index is 0.407. The SMILES string of the molecule is OC(CCC1CCCC1)Cc1ccc(F)c(F)c1. The van der Waals surface area contributed by atoms with Gasteiger partial charge in [-0.1, -0.05) is 31.7 Å². The molecule has 0 saturated heterocycles. The van der Waals surface area contributed by atoms with Gasteiger partial charge in [0.1, 0.15) is 0 Å². The zero-order chi connectivity index (χ0) is 13.0. The lowest BCUT2D eigenvalue weighted by Gasteiger charge is -2.14. The van der Waals surface area contributed by atoms with Gasteiger partial charge in [-0.25, -0.2) is 8.78 Å². The van der Waals surface area contributed by atoms with Crippen molar-refractivity contribution in [2.45, 2.75) is 51.0 Å². The lowest BCUT2D eigenvalue weighted by atomic mass is 9.96. The lowest BCUT2D eigenvalue weighted by molar-refractivity contribution is 0.154. The van der Waals surface area contributed by atoms with E-state index in [1.807, 2.05) is 0 Å². The number of aliphatic hydroxyl groups excluding tert-OH is 1. The van der Waals surface area contributed by atoms with Crippen LogP contribution in [-0.2, 0) is 6.42 Å². The van der Waals surface area contributed by atoms with Crippen molar-refractivity contribution in [1.29, 1.82) is 0 Å². The molecule has 1 fully saturated rings. The van der Waals surface area contributed by atoms with Crippen molar-refractivity contribution in [3.05, 3.63) is 35.4 Å². The second-order valence-electron chi connectivity index (χ2n) is 5.33. The normalized spacial score (nSPS) is 18.2. The number of hydrogen-bond donors (Lipinski definition) is 1. The van der Waals surface area contributed by atoms with Gasteiger partial charge in [-0.05, 0) is 42.9 Å². The summed E-state index contributed by atoms with van der Waals surface area (Å²) >= 11 is 0. The fraction of sp³-hybridized carbons (Fsp3) is 0.600. The van der Waals surface area contributed by atoms with Crippen molar-refractivity contribution in [2.24, 2.45) is 5.92 Å². The van der Waals surface area contributed by atoms with Crippen LogP contribution in [0, 0.1) is 17.6 Å². The Labute approximate surface area is 107 Å². The van der Waals surface area contributed by atoms with Crippen LogP contribution in [0.25, 0.3) is 0 Å². The van der Waals surface area contributed by atoms with Gasteiger partial charge < -0.3 is 5.11 Å². The fourth-order valence-corrected chi connectivity index (χ4v) is 2.77. The maximum absolute atomic E-state index is 13.0. The highest BCUT2D eigenvalue weighted by molar-refractivity contribution is 5.18. The highest BCUT2D eigenvalue weighted by Crippen LogP contribution is 2.29. The predicted molar refractivity (Wildman–Crippen MR) is 67.3 cm³/mol. The molecule has 3 heteroatoms. The molecule has 0 heterocycles. The minimum Gasteiger partial charge on any atom is -0.393 e. The third-order valence-corrected chi connectivity index (χ3v) is 3.84. The van der Waals surface area contributed by atoms with E-state index in [2.05, 4.69) is 0 Å². The topological polar surface area (TPSA) is 20.2 Å². The number of aliphatic hydroxyl groups is 1. The number of rotatable bonds is 5. The van der Waals surface area contributed by atoms with E-state index in [1.165, 1.54) is 37.8 Å². The maximum atomic E-state index is 13.0. The fourth-order valence-electron chi connectivity index (χ4n) is 2.77. The highest BCUT2D eigenvalue weighted by Gasteiger charge is 2.16. The second kappa shape index (κ2) is 6.28. The number of hydrogen-bond acceptors (Lipinski definition) is 1. The summed E-state index contributed by atoms with van der Waals surface area (Å²) in [7, 11) is 0. The van der Waals surface area contributed by atoms with E-state index in [9.17, 15) is 13.9 Å². The van der Waals surface area contributed by atoms with E-state index in [0.29, 0.717) is 12.0 Å². The smallest absolute Gasteiger partial charge is 0.159 e. The first kappa shape index (κ1) is 13.5. The van der Waals surface area contributed by atoms with Crippen LogP contribution in [0.5, 0.6) is 0 Å². The molecule has 1 aromatic carbocycles. The van der Waals surface area contributed by atoms with Crippen molar-refractivity contribution in [1.82, 2.24) is 0 Å². The van der Waals surface area contributed by atoms with Crippen LogP contribution in [-0.4, -0.2) is 11.2 Å². The Balaban J connectivity index is 1.78. The van der Waals surface area contributed by atoms with Gasteiger partial charge in [0.25, 0.3) is 0 Å². The summed E-state index contributed by atoms with van der Waals surface area (Å²) in [5.41, 5.74) is 0.660. The zero-order valence-electron chi connectivity index (χ0n) is 10.5. The van der Waals surface area contributed by atoms with Gasteiger partial charge in [-0.2, -0.15) is 0 Å². The molecule has 0 amide bonds. The Morgan fingerprint density at radius 3 is 2.56 bits per heavy atom. The molecule has 0 aliphatic heterocycles. The van der Waals surface area contributed by atoms with Crippen LogP contribution in [0.1, 0.15) is 44.1 Å². The first-order valence-electron chi connectivity index (χ1n) is 6.77. The summed E-state index contributed by atoms with van der Waals surface area (Å²) < 4.78 is 25.8. The molecular weight excluding hydrogens is 234 g/mol. The third kappa shape index (κ3) is 3.77. The Kier molecular flexibility index (Phi) is 4.70. The second-order valence-corrected chi connectivity index (χ2v) is 5.33. The molecule has 1 unspecified atom stereocenters. The van der Waals surface area contributed by atoms with E-state index in [-0.39, 0.29) is 0 Å². The van der Waals surface area contributed by atoms with Crippen molar-refractivity contribution < 1.29 is 13.9 Å². The van der Waals surface area contributed by atoms with Gasteiger partial charge >= 0.3 is 0 Å². The van der Waals surface area contributed by atoms with E-state index >= 15 is 0 Å². The van der Waals surface area contributed by atoms with Gasteiger partial charge in [-0.15, -0.1) is 0 Å². The molecule has 0 bridgehead atoms. The molecule has 2 rings (SSSR count). The summed E-state index contributed by atoms with van der Waals surface area (Å²) in [5.74, 6) is -0.917. The minimum atomic E-state index is -0.838. The van der Waals surface area contributed by atoms with Crippen LogP contribution >= 0.6 is 0 Å². The molecule has 18 heavy (non-hydrogen) atoms. The summed E-state index contributed by atoms with van der Waals surface area (Å²) in [6.07, 6.45) is 6.93. The number of halogens is 2. The van der Waals surface area contributed by atoms with Crippen LogP contribution in [0.4, 0.5) is 8.78 Å². The Morgan fingerprint density at radius 1 is 1.17 bits per heavy atom. The number of benzene rings is 1. The van der Waals surface area contributed by atoms with Gasteiger partial charge in [0.05, 0.1) is 6.10 Å². The molecule has 1 aromatic rings. The average molecular weight is 254 g/mol. The van der Waals surface area contributed by atoms with Crippen molar-refractivity contribution in [3.63, 3.8) is 0 Å². The molecule has 0 radical (unpaired) electrons. The summed E-state index contributed by atoms with van der Waals surface area (Å²) in [6.45, 7) is 0. The third-order valence-electron chi connectivity index (χ3n) is 3.84. The molecular formula is C15H20F2O. The van der Waals surface area contributed by atoms with Crippen LogP contribution in [0.2, 0.25) is 0 Å². The van der Waals surface area contributed by atoms with E-state index < -0.39 is 17.7 Å². The Hall–Kier alpha value is -0.960. The van der Waals surface area contributed by atoms with Crippen LogP contribution in [0.3, 0.4) is 0 Å². The van der Waals surface area contributed by atoms with Crippen LogP contribution in [0.15, 0.2) is 18.2 Å².